The molecule has 3 aromatic rings. The lowest BCUT2D eigenvalue weighted by Gasteiger charge is -2.34. The Kier molecular flexibility index (Phi) is 6.59. The Bertz CT molecular complexity index is 1310. The number of fused-ring (bicyclic) bond motifs is 1. The standard InChI is InChI=1S/C27H31FN6O2/c1-16-14-34(10-11-36-16)22-7-5-18(13-20(22)15-33(2)3)23-25(28)32-26(29)24(31-23)19-4-6-21-17(12-19)8-9-30-27(21)35/h4-7,12-13,16H,8-11,14-15H2,1-3H3,(H2,29,32)(H,30,35)/t16-/m0/s1. The highest BCUT2D eigenvalue weighted by atomic mass is 19.1. The highest BCUT2D eigenvalue weighted by Gasteiger charge is 2.23. The number of benzene rings is 2. The third kappa shape index (κ3) is 4.76. The fourth-order valence-corrected chi connectivity index (χ4v) is 4.94. The Morgan fingerprint density at radius 3 is 2.72 bits per heavy atom. The molecule has 3 heterocycles. The topological polar surface area (TPSA) is 96.6 Å². The summed E-state index contributed by atoms with van der Waals surface area (Å²) in [7, 11) is 4.02. The zero-order valence-corrected chi connectivity index (χ0v) is 20.8. The van der Waals surface area contributed by atoms with Crippen LogP contribution in [0, 0.1) is 5.95 Å². The first-order valence-electron chi connectivity index (χ1n) is 12.2. The normalized spacial score (nSPS) is 17.8. The molecule has 5 rings (SSSR count). The molecule has 0 bridgehead atoms. The van der Waals surface area contributed by atoms with E-state index in [1.165, 1.54) is 0 Å². The second-order valence-electron chi connectivity index (χ2n) is 9.68. The van der Waals surface area contributed by atoms with Crippen LogP contribution >= 0.6 is 0 Å². The molecule has 0 unspecified atom stereocenters. The number of nitrogens with zero attached hydrogens (tertiary/aromatic N) is 4. The van der Waals surface area contributed by atoms with E-state index in [4.69, 9.17) is 10.5 Å². The third-order valence-electron chi connectivity index (χ3n) is 6.60. The molecule has 9 heteroatoms. The maximum absolute atomic E-state index is 15.1. The second-order valence-corrected chi connectivity index (χ2v) is 9.68. The number of morpholine rings is 1. The number of hydrogen-bond acceptors (Lipinski definition) is 7. The van der Waals surface area contributed by atoms with Crippen molar-refractivity contribution in [3.05, 3.63) is 59.0 Å². The number of amides is 1. The molecule has 0 radical (unpaired) electrons. The predicted molar refractivity (Wildman–Crippen MR) is 138 cm³/mol. The fourth-order valence-electron chi connectivity index (χ4n) is 4.94. The second kappa shape index (κ2) is 9.83. The van der Waals surface area contributed by atoms with Gasteiger partial charge in [0.15, 0.2) is 5.82 Å². The first-order valence-corrected chi connectivity index (χ1v) is 12.2. The molecular formula is C27H31FN6O2. The summed E-state index contributed by atoms with van der Waals surface area (Å²) in [4.78, 5) is 25.2. The molecule has 3 N–H and O–H groups in total. The van der Waals surface area contributed by atoms with E-state index in [-0.39, 0.29) is 23.5 Å². The number of carbonyl (C=O) groups excluding carboxylic acids is 1. The maximum atomic E-state index is 15.1. The number of nitrogens with two attached hydrogens (primary N) is 1. The molecular weight excluding hydrogens is 459 g/mol. The van der Waals surface area contributed by atoms with Gasteiger partial charge in [-0.3, -0.25) is 4.79 Å². The Balaban J connectivity index is 1.56. The van der Waals surface area contributed by atoms with E-state index in [2.05, 4.69) is 32.0 Å². The van der Waals surface area contributed by atoms with Crippen LogP contribution in [0.1, 0.15) is 28.4 Å². The summed E-state index contributed by atoms with van der Waals surface area (Å²) < 4.78 is 20.8. The molecule has 0 aliphatic carbocycles. The van der Waals surface area contributed by atoms with Crippen LogP contribution in [0.2, 0.25) is 0 Å². The third-order valence-corrected chi connectivity index (χ3v) is 6.60. The summed E-state index contributed by atoms with van der Waals surface area (Å²) in [6, 6.07) is 11.3. The Labute approximate surface area is 210 Å². The average Bonchev–Trinajstić information content (AvgIpc) is 2.84. The van der Waals surface area contributed by atoms with Crippen molar-refractivity contribution in [2.24, 2.45) is 0 Å². The van der Waals surface area contributed by atoms with Crippen molar-refractivity contribution in [2.45, 2.75) is 26.0 Å². The van der Waals surface area contributed by atoms with Crippen molar-refractivity contribution in [3.8, 4) is 22.5 Å². The molecule has 2 aliphatic rings. The van der Waals surface area contributed by atoms with Crippen LogP contribution in [0.15, 0.2) is 36.4 Å². The van der Waals surface area contributed by atoms with Gasteiger partial charge in [0.25, 0.3) is 5.91 Å². The number of ether oxygens (including phenoxy) is 1. The number of nitrogens with one attached hydrogen (secondary N) is 1. The van der Waals surface area contributed by atoms with Crippen LogP contribution in [0.4, 0.5) is 15.9 Å². The van der Waals surface area contributed by atoms with Gasteiger partial charge in [0.05, 0.1) is 12.7 Å². The Hall–Kier alpha value is -3.56. The van der Waals surface area contributed by atoms with Gasteiger partial charge in [-0.2, -0.15) is 9.37 Å². The number of anilines is 2. The van der Waals surface area contributed by atoms with Crippen molar-refractivity contribution in [3.63, 3.8) is 0 Å². The van der Waals surface area contributed by atoms with Crippen LogP contribution in [0.25, 0.3) is 22.5 Å². The smallest absolute Gasteiger partial charge is 0.251 e. The first-order chi connectivity index (χ1) is 17.3. The minimum atomic E-state index is -0.711. The van der Waals surface area contributed by atoms with Crippen LogP contribution in [-0.2, 0) is 17.7 Å². The Morgan fingerprint density at radius 2 is 1.94 bits per heavy atom. The average molecular weight is 491 g/mol. The Morgan fingerprint density at radius 1 is 1.17 bits per heavy atom. The summed E-state index contributed by atoms with van der Waals surface area (Å²) in [5.74, 6) is -0.786. The van der Waals surface area contributed by atoms with Gasteiger partial charge in [-0.05, 0) is 62.8 Å². The van der Waals surface area contributed by atoms with Gasteiger partial charge in [0.1, 0.15) is 11.4 Å². The molecule has 0 saturated carbocycles. The van der Waals surface area contributed by atoms with Gasteiger partial charge in [-0.15, -0.1) is 0 Å². The molecule has 1 atom stereocenters. The molecule has 8 nitrogen and oxygen atoms in total. The van der Waals surface area contributed by atoms with E-state index >= 15 is 4.39 Å². The van der Waals surface area contributed by atoms with Gasteiger partial charge in [0, 0.05) is 48.6 Å². The lowest BCUT2D eigenvalue weighted by Crippen LogP contribution is -2.41. The SMILES string of the molecule is C[C@H]1CN(c2ccc(-c3nc(-c4ccc5c(c4)CCNC5=O)c(N)nc3F)cc2CN(C)C)CCO1. The number of carbonyl (C=O) groups is 1. The van der Waals surface area contributed by atoms with Crippen molar-refractivity contribution in [1.29, 1.82) is 0 Å². The number of aromatic nitrogens is 2. The minimum absolute atomic E-state index is 0.0175. The van der Waals surface area contributed by atoms with E-state index < -0.39 is 5.95 Å². The van der Waals surface area contributed by atoms with Crippen LogP contribution in [-0.4, -0.2) is 67.2 Å². The summed E-state index contributed by atoms with van der Waals surface area (Å²) in [6.45, 7) is 5.62. The van der Waals surface area contributed by atoms with Crippen molar-refractivity contribution < 1.29 is 13.9 Å². The van der Waals surface area contributed by atoms with Gasteiger partial charge in [-0.25, -0.2) is 4.98 Å². The fraction of sp³-hybridized carbons (Fsp3) is 0.370. The van der Waals surface area contributed by atoms with E-state index in [1.807, 2.05) is 38.4 Å². The monoisotopic (exact) mass is 490 g/mol. The molecule has 1 amide bonds. The molecule has 188 valence electrons. The van der Waals surface area contributed by atoms with E-state index in [1.54, 1.807) is 12.1 Å². The molecule has 0 spiro atoms. The predicted octanol–water partition coefficient (Wildman–Crippen LogP) is 3.10. The number of halogens is 1. The van der Waals surface area contributed by atoms with E-state index in [0.717, 1.165) is 29.9 Å². The van der Waals surface area contributed by atoms with Gasteiger partial charge in [0.2, 0.25) is 5.95 Å². The summed E-state index contributed by atoms with van der Waals surface area (Å²) >= 11 is 0. The molecule has 1 saturated heterocycles. The quantitative estimate of drug-likeness (QED) is 0.567. The highest BCUT2D eigenvalue weighted by molar-refractivity contribution is 5.97. The van der Waals surface area contributed by atoms with Gasteiger partial charge in [-0.1, -0.05) is 12.1 Å². The maximum Gasteiger partial charge on any atom is 0.251 e. The summed E-state index contributed by atoms with van der Waals surface area (Å²) in [6.07, 6.45) is 0.863. The van der Waals surface area contributed by atoms with Crippen molar-refractivity contribution >= 4 is 17.4 Å². The van der Waals surface area contributed by atoms with E-state index in [0.29, 0.717) is 48.5 Å². The lowest BCUT2D eigenvalue weighted by atomic mass is 9.96. The zero-order valence-electron chi connectivity index (χ0n) is 20.8. The summed E-state index contributed by atoms with van der Waals surface area (Å²) in [5.41, 5.74) is 11.8. The van der Waals surface area contributed by atoms with Crippen molar-refractivity contribution in [1.82, 2.24) is 20.2 Å². The summed E-state index contributed by atoms with van der Waals surface area (Å²) in [5, 5.41) is 2.84. The first kappa shape index (κ1) is 24.1. The van der Waals surface area contributed by atoms with Crippen molar-refractivity contribution in [2.75, 3.05) is 51.0 Å². The van der Waals surface area contributed by atoms with Crippen LogP contribution in [0.5, 0.6) is 0 Å². The molecule has 2 aromatic carbocycles. The molecule has 2 aliphatic heterocycles. The van der Waals surface area contributed by atoms with Gasteiger partial charge < -0.3 is 25.6 Å². The molecule has 36 heavy (non-hydrogen) atoms. The number of nitrogen functional groups attached to an aromatic ring is 1. The lowest BCUT2D eigenvalue weighted by molar-refractivity contribution is 0.0531. The number of rotatable bonds is 5. The highest BCUT2D eigenvalue weighted by Crippen LogP contribution is 2.33. The minimum Gasteiger partial charge on any atom is -0.382 e. The van der Waals surface area contributed by atoms with Gasteiger partial charge >= 0.3 is 0 Å². The van der Waals surface area contributed by atoms with Crippen LogP contribution in [0.3, 0.4) is 0 Å². The zero-order chi connectivity index (χ0) is 25.4. The molecule has 1 fully saturated rings. The number of hydrogen-bond donors (Lipinski definition) is 2. The van der Waals surface area contributed by atoms with Crippen LogP contribution < -0.4 is 16.0 Å². The van der Waals surface area contributed by atoms with E-state index in [9.17, 15) is 4.79 Å². The molecule has 1 aromatic heterocycles. The largest absolute Gasteiger partial charge is 0.382 e.